The molecule has 8 nitrogen and oxygen atoms in total. The van der Waals surface area contributed by atoms with Crippen LogP contribution in [0.3, 0.4) is 0 Å². The monoisotopic (exact) mass is 435 g/mol. The Bertz CT molecular complexity index is 646. The Morgan fingerprint density at radius 1 is 1.06 bits per heavy atom. The molecule has 1 aromatic rings. The molecule has 31 heavy (non-hydrogen) atoms. The number of nitrogens with one attached hydrogen (secondary N) is 2. The number of carbonyl (C=O) groups is 1. The number of ether oxygens (including phenoxy) is 2. The molecule has 8 heteroatoms. The molecule has 2 unspecified atom stereocenters. The first-order valence-electron chi connectivity index (χ1n) is 11.9. The molecule has 0 radical (unpaired) electrons. The van der Waals surface area contributed by atoms with Crippen molar-refractivity contribution in [3.8, 4) is 0 Å². The average molecular weight is 436 g/mol. The van der Waals surface area contributed by atoms with Crippen molar-refractivity contribution in [1.29, 1.82) is 0 Å². The van der Waals surface area contributed by atoms with Gasteiger partial charge < -0.3 is 14.8 Å². The minimum absolute atomic E-state index is 0.0854. The van der Waals surface area contributed by atoms with Crippen molar-refractivity contribution in [2.75, 3.05) is 39.4 Å². The highest BCUT2D eigenvalue weighted by Gasteiger charge is 2.29. The summed E-state index contributed by atoms with van der Waals surface area (Å²) >= 11 is 0. The molecule has 1 amide bonds. The van der Waals surface area contributed by atoms with Gasteiger partial charge in [0.15, 0.2) is 0 Å². The summed E-state index contributed by atoms with van der Waals surface area (Å²) in [6, 6.07) is 3.44. The van der Waals surface area contributed by atoms with Crippen LogP contribution in [0.2, 0.25) is 0 Å². The van der Waals surface area contributed by atoms with E-state index in [1.165, 1.54) is 12.8 Å². The molecule has 3 fully saturated rings. The lowest BCUT2D eigenvalue weighted by Gasteiger charge is -2.35. The van der Waals surface area contributed by atoms with Crippen LogP contribution in [-0.4, -0.2) is 89.5 Å². The third-order valence-corrected chi connectivity index (χ3v) is 6.52. The van der Waals surface area contributed by atoms with Crippen LogP contribution in [0.1, 0.15) is 65.2 Å². The van der Waals surface area contributed by atoms with E-state index in [0.717, 1.165) is 51.3 Å². The van der Waals surface area contributed by atoms with Crippen LogP contribution in [0.4, 0.5) is 0 Å². The molecule has 1 saturated carbocycles. The van der Waals surface area contributed by atoms with Crippen LogP contribution in [0.25, 0.3) is 0 Å². The van der Waals surface area contributed by atoms with E-state index in [2.05, 4.69) is 53.0 Å². The fourth-order valence-electron chi connectivity index (χ4n) is 4.43. The minimum atomic E-state index is -0.272. The van der Waals surface area contributed by atoms with Gasteiger partial charge in [0.05, 0.1) is 18.9 Å². The number of amides is 1. The van der Waals surface area contributed by atoms with E-state index in [9.17, 15) is 4.79 Å². The highest BCUT2D eigenvalue weighted by molar-refractivity contribution is 5.81. The molecular formula is C23H41N5O3. The van der Waals surface area contributed by atoms with Crippen molar-refractivity contribution < 1.29 is 14.3 Å². The maximum Gasteiger partial charge on any atom is 0.250 e. The highest BCUT2D eigenvalue weighted by Crippen LogP contribution is 2.21. The Morgan fingerprint density at radius 2 is 1.71 bits per heavy atom. The van der Waals surface area contributed by atoms with E-state index >= 15 is 0 Å². The van der Waals surface area contributed by atoms with Gasteiger partial charge in [-0.15, -0.1) is 0 Å². The van der Waals surface area contributed by atoms with E-state index in [1.807, 2.05) is 6.07 Å². The second kappa shape index (κ2) is 11.9. The van der Waals surface area contributed by atoms with E-state index in [4.69, 9.17) is 9.47 Å². The molecule has 2 N–H and O–H groups in total. The van der Waals surface area contributed by atoms with Gasteiger partial charge in [-0.3, -0.25) is 19.7 Å². The van der Waals surface area contributed by atoms with Crippen molar-refractivity contribution in [2.45, 2.75) is 83.7 Å². The van der Waals surface area contributed by atoms with Crippen molar-refractivity contribution in [3.63, 3.8) is 0 Å². The molecule has 4 rings (SSSR count). The van der Waals surface area contributed by atoms with Gasteiger partial charge in [-0.2, -0.15) is 5.10 Å². The van der Waals surface area contributed by atoms with Crippen LogP contribution in [0, 0.1) is 0 Å². The first kappa shape index (κ1) is 24.2. The normalized spacial score (nSPS) is 26.1. The zero-order valence-corrected chi connectivity index (χ0v) is 19.7. The summed E-state index contributed by atoms with van der Waals surface area (Å²) in [5, 5.41) is 10.0. The first-order valence-corrected chi connectivity index (χ1v) is 11.9. The smallest absolute Gasteiger partial charge is 0.250 e. The molecule has 0 bridgehead atoms. The Balaban J connectivity index is 0.000000179. The number of hydrogen-bond acceptors (Lipinski definition) is 6. The van der Waals surface area contributed by atoms with Crippen LogP contribution in [-0.2, 0) is 14.3 Å². The summed E-state index contributed by atoms with van der Waals surface area (Å²) in [6.45, 7) is 13.9. The highest BCUT2D eigenvalue weighted by atomic mass is 16.5. The van der Waals surface area contributed by atoms with E-state index in [0.29, 0.717) is 24.7 Å². The van der Waals surface area contributed by atoms with Crippen molar-refractivity contribution in [2.24, 2.45) is 0 Å². The maximum atomic E-state index is 12.1. The number of morpholine rings is 2. The van der Waals surface area contributed by atoms with E-state index < -0.39 is 0 Å². The summed E-state index contributed by atoms with van der Waals surface area (Å²) in [7, 11) is 0. The Hall–Kier alpha value is -1.48. The Kier molecular flexibility index (Phi) is 9.31. The molecule has 0 aromatic carbocycles. The van der Waals surface area contributed by atoms with Crippen LogP contribution >= 0.6 is 0 Å². The topological polar surface area (TPSA) is 82.7 Å². The summed E-state index contributed by atoms with van der Waals surface area (Å²) in [5.74, 6) is 0.0854. The quantitative estimate of drug-likeness (QED) is 0.739. The van der Waals surface area contributed by atoms with Crippen LogP contribution in [0.5, 0.6) is 0 Å². The molecule has 2 aliphatic heterocycles. The van der Waals surface area contributed by atoms with Crippen molar-refractivity contribution in [3.05, 3.63) is 18.0 Å². The Morgan fingerprint density at radius 3 is 2.32 bits per heavy atom. The molecule has 1 aliphatic carbocycles. The van der Waals surface area contributed by atoms with Gasteiger partial charge in [0.25, 0.3) is 5.91 Å². The van der Waals surface area contributed by atoms with Gasteiger partial charge in [-0.05, 0) is 46.6 Å². The second-order valence-corrected chi connectivity index (χ2v) is 9.40. The lowest BCUT2D eigenvalue weighted by Crippen LogP contribution is -2.53. The standard InChI is InChI=1S/C13H24N2O2.C10H17N3O/c1-10(2)15-7-8-17-12(9-15)13(16)14-11-5-3-4-6-11;1-8(2)13-5-6-14-10(7-13)9-3-4-11-12-9/h10-12H,3-9H2,1-2H3,(H,14,16);3-4,8,10H,5-7H2,1-2H3,(H,11,12). The first-order chi connectivity index (χ1) is 14.9. The maximum absolute atomic E-state index is 12.1. The molecule has 176 valence electrons. The van der Waals surface area contributed by atoms with Gasteiger partial charge in [-0.1, -0.05) is 12.8 Å². The predicted octanol–water partition coefficient (Wildman–Crippen LogP) is 2.35. The van der Waals surface area contributed by atoms with E-state index in [1.54, 1.807) is 6.20 Å². The molecule has 1 aromatic heterocycles. The molecule has 3 heterocycles. The van der Waals surface area contributed by atoms with Gasteiger partial charge in [0.2, 0.25) is 0 Å². The number of rotatable bonds is 5. The largest absolute Gasteiger partial charge is 0.369 e. The lowest BCUT2D eigenvalue weighted by molar-refractivity contribution is -0.140. The summed E-state index contributed by atoms with van der Waals surface area (Å²) in [5.41, 5.74) is 1.08. The second-order valence-electron chi connectivity index (χ2n) is 9.40. The van der Waals surface area contributed by atoms with Crippen molar-refractivity contribution in [1.82, 2.24) is 25.3 Å². The zero-order chi connectivity index (χ0) is 22.2. The van der Waals surface area contributed by atoms with Crippen LogP contribution < -0.4 is 5.32 Å². The van der Waals surface area contributed by atoms with Crippen molar-refractivity contribution >= 4 is 5.91 Å². The van der Waals surface area contributed by atoms with E-state index in [-0.39, 0.29) is 18.1 Å². The summed E-state index contributed by atoms with van der Waals surface area (Å²) < 4.78 is 11.3. The third-order valence-electron chi connectivity index (χ3n) is 6.52. The molecule has 3 aliphatic rings. The number of aromatic nitrogens is 2. The summed E-state index contributed by atoms with van der Waals surface area (Å²) in [6.07, 6.45) is 6.41. The average Bonchev–Trinajstić information content (AvgIpc) is 3.49. The summed E-state index contributed by atoms with van der Waals surface area (Å²) in [4.78, 5) is 16.8. The number of nitrogens with zero attached hydrogens (tertiary/aromatic N) is 3. The van der Waals surface area contributed by atoms with Gasteiger partial charge in [0, 0.05) is 50.5 Å². The third kappa shape index (κ3) is 7.27. The van der Waals surface area contributed by atoms with Gasteiger partial charge >= 0.3 is 0 Å². The predicted molar refractivity (Wildman–Crippen MR) is 121 cm³/mol. The zero-order valence-electron chi connectivity index (χ0n) is 19.7. The van der Waals surface area contributed by atoms with Crippen LogP contribution in [0.15, 0.2) is 12.3 Å². The van der Waals surface area contributed by atoms with Gasteiger partial charge in [-0.25, -0.2) is 0 Å². The molecule has 0 spiro atoms. The fourth-order valence-corrected chi connectivity index (χ4v) is 4.43. The molecule has 2 saturated heterocycles. The number of carbonyl (C=O) groups excluding carboxylic acids is 1. The molecule has 2 atom stereocenters. The number of H-pyrrole nitrogens is 1. The fraction of sp³-hybridized carbons (Fsp3) is 0.826. The number of hydrogen-bond donors (Lipinski definition) is 2. The lowest BCUT2D eigenvalue weighted by atomic mass is 10.2. The SMILES string of the molecule is CC(C)N1CCOC(C(=O)NC2CCCC2)C1.CC(C)N1CCOC(c2ccn[nH]2)C1. The number of aromatic amines is 1. The Labute approximate surface area is 187 Å². The molecular weight excluding hydrogens is 394 g/mol. The minimum Gasteiger partial charge on any atom is -0.369 e. The van der Waals surface area contributed by atoms with Gasteiger partial charge in [0.1, 0.15) is 12.2 Å².